The summed E-state index contributed by atoms with van der Waals surface area (Å²) >= 11 is 0. The van der Waals surface area contributed by atoms with Crippen LogP contribution in [-0.2, 0) is 0 Å². The number of ether oxygens (including phenoxy) is 1. The second-order valence-electron chi connectivity index (χ2n) is 3.31. The van der Waals surface area contributed by atoms with Crippen LogP contribution >= 0.6 is 0 Å². The Kier molecular flexibility index (Phi) is 2.76. The summed E-state index contributed by atoms with van der Waals surface area (Å²) in [6, 6.07) is 2.90. The molecule has 0 radical (unpaired) electrons. The molecule has 2 N–H and O–H groups in total. The van der Waals surface area contributed by atoms with Crippen molar-refractivity contribution < 1.29 is 9.13 Å². The van der Waals surface area contributed by atoms with Crippen LogP contribution in [-0.4, -0.2) is 6.10 Å². The molecule has 0 saturated carbocycles. The lowest BCUT2D eigenvalue weighted by Crippen LogP contribution is -2.07. The molecule has 0 aliphatic heterocycles. The number of rotatable bonds is 2. The number of anilines is 1. The predicted molar refractivity (Wildman–Crippen MR) is 51.3 cm³/mol. The number of benzene rings is 1. The smallest absolute Gasteiger partial charge is 0.167 e. The van der Waals surface area contributed by atoms with Gasteiger partial charge in [0, 0.05) is 11.8 Å². The minimum Gasteiger partial charge on any atom is -0.488 e. The lowest BCUT2D eigenvalue weighted by molar-refractivity contribution is 0.231. The highest BCUT2D eigenvalue weighted by Crippen LogP contribution is 2.24. The Morgan fingerprint density at radius 1 is 1.38 bits per heavy atom. The zero-order valence-corrected chi connectivity index (χ0v) is 8.10. The van der Waals surface area contributed by atoms with Crippen LogP contribution in [0.15, 0.2) is 12.1 Å². The van der Waals surface area contributed by atoms with Crippen molar-refractivity contribution in [2.75, 3.05) is 5.73 Å². The number of halogens is 1. The van der Waals surface area contributed by atoms with Gasteiger partial charge in [0.05, 0.1) is 6.10 Å². The SMILES string of the molecule is Cc1cc(OC(C)C)c(F)cc1N. The van der Waals surface area contributed by atoms with E-state index in [0.717, 1.165) is 5.56 Å². The van der Waals surface area contributed by atoms with Crippen molar-refractivity contribution in [1.82, 2.24) is 0 Å². The molecule has 0 amide bonds. The summed E-state index contributed by atoms with van der Waals surface area (Å²) in [6.45, 7) is 5.53. The van der Waals surface area contributed by atoms with Gasteiger partial charge >= 0.3 is 0 Å². The van der Waals surface area contributed by atoms with Gasteiger partial charge < -0.3 is 10.5 Å². The summed E-state index contributed by atoms with van der Waals surface area (Å²) < 4.78 is 18.4. The zero-order chi connectivity index (χ0) is 10.0. The van der Waals surface area contributed by atoms with Crippen molar-refractivity contribution in [3.8, 4) is 5.75 Å². The number of nitrogen functional groups attached to an aromatic ring is 1. The molecule has 0 saturated heterocycles. The fraction of sp³-hybridized carbons (Fsp3) is 0.400. The molecule has 1 rings (SSSR count). The van der Waals surface area contributed by atoms with Crippen LogP contribution in [0.2, 0.25) is 0 Å². The topological polar surface area (TPSA) is 35.2 Å². The van der Waals surface area contributed by atoms with Crippen LogP contribution in [0, 0.1) is 12.7 Å². The zero-order valence-electron chi connectivity index (χ0n) is 8.10. The van der Waals surface area contributed by atoms with E-state index in [1.54, 1.807) is 6.07 Å². The Hall–Kier alpha value is -1.25. The van der Waals surface area contributed by atoms with Gasteiger partial charge in [0.25, 0.3) is 0 Å². The molecule has 1 aromatic carbocycles. The second-order valence-corrected chi connectivity index (χ2v) is 3.31. The van der Waals surface area contributed by atoms with E-state index < -0.39 is 5.82 Å². The summed E-state index contributed by atoms with van der Waals surface area (Å²) in [6.07, 6.45) is -0.0301. The maximum atomic E-state index is 13.2. The van der Waals surface area contributed by atoms with Gasteiger partial charge in [-0.2, -0.15) is 0 Å². The van der Waals surface area contributed by atoms with E-state index in [0.29, 0.717) is 5.69 Å². The normalized spacial score (nSPS) is 10.5. The highest BCUT2D eigenvalue weighted by molar-refractivity contribution is 5.50. The fourth-order valence-corrected chi connectivity index (χ4v) is 1.01. The Bertz CT molecular complexity index is 310. The van der Waals surface area contributed by atoms with E-state index in [9.17, 15) is 4.39 Å². The molecule has 0 unspecified atom stereocenters. The molecule has 1 aromatic rings. The molecular formula is C10H14FNO. The third-order valence-corrected chi connectivity index (χ3v) is 1.68. The number of hydrogen-bond donors (Lipinski definition) is 1. The minimum absolute atomic E-state index is 0.0301. The van der Waals surface area contributed by atoms with Crippen molar-refractivity contribution in [3.63, 3.8) is 0 Å². The van der Waals surface area contributed by atoms with Crippen molar-refractivity contribution in [3.05, 3.63) is 23.5 Å². The highest BCUT2D eigenvalue weighted by Gasteiger charge is 2.07. The van der Waals surface area contributed by atoms with Crippen molar-refractivity contribution in [2.24, 2.45) is 0 Å². The Balaban J connectivity index is 3.01. The van der Waals surface area contributed by atoms with Crippen LogP contribution in [0.5, 0.6) is 5.75 Å². The molecule has 0 atom stereocenters. The molecule has 2 nitrogen and oxygen atoms in total. The third-order valence-electron chi connectivity index (χ3n) is 1.68. The highest BCUT2D eigenvalue weighted by atomic mass is 19.1. The van der Waals surface area contributed by atoms with Gasteiger partial charge in [0.2, 0.25) is 0 Å². The number of aryl methyl sites for hydroxylation is 1. The summed E-state index contributed by atoms with van der Waals surface area (Å²) in [5, 5.41) is 0. The molecule has 72 valence electrons. The maximum Gasteiger partial charge on any atom is 0.167 e. The maximum absolute atomic E-state index is 13.2. The first kappa shape index (κ1) is 9.84. The molecule has 0 spiro atoms. The first-order chi connectivity index (χ1) is 6.00. The van der Waals surface area contributed by atoms with Crippen LogP contribution in [0.1, 0.15) is 19.4 Å². The number of nitrogens with two attached hydrogens (primary N) is 1. The largest absolute Gasteiger partial charge is 0.488 e. The first-order valence-corrected chi connectivity index (χ1v) is 4.23. The molecule has 0 aromatic heterocycles. The molecule has 13 heavy (non-hydrogen) atoms. The summed E-state index contributed by atoms with van der Waals surface area (Å²) in [5.74, 6) is -0.140. The average molecular weight is 183 g/mol. The summed E-state index contributed by atoms with van der Waals surface area (Å²) in [7, 11) is 0. The summed E-state index contributed by atoms with van der Waals surface area (Å²) in [4.78, 5) is 0. The minimum atomic E-state index is -0.406. The fourth-order valence-electron chi connectivity index (χ4n) is 1.01. The van der Waals surface area contributed by atoms with E-state index in [-0.39, 0.29) is 11.9 Å². The van der Waals surface area contributed by atoms with Gasteiger partial charge in [-0.25, -0.2) is 4.39 Å². The second kappa shape index (κ2) is 3.64. The van der Waals surface area contributed by atoms with Gasteiger partial charge in [-0.3, -0.25) is 0 Å². The van der Waals surface area contributed by atoms with Gasteiger partial charge in [-0.15, -0.1) is 0 Å². The predicted octanol–water partition coefficient (Wildman–Crippen LogP) is 2.50. The standard InChI is InChI=1S/C10H14FNO/c1-6(2)13-10-4-7(3)9(12)5-8(10)11/h4-6H,12H2,1-3H3. The molecule has 0 fully saturated rings. The summed E-state index contributed by atoms with van der Waals surface area (Å²) in [5.41, 5.74) is 6.81. The molecule has 0 aliphatic carbocycles. The Morgan fingerprint density at radius 2 is 2.00 bits per heavy atom. The monoisotopic (exact) mass is 183 g/mol. The van der Waals surface area contributed by atoms with Gasteiger partial charge in [-0.05, 0) is 32.4 Å². The van der Waals surface area contributed by atoms with E-state index in [4.69, 9.17) is 10.5 Å². The van der Waals surface area contributed by atoms with Gasteiger partial charge in [0.1, 0.15) is 0 Å². The molecular weight excluding hydrogens is 169 g/mol. The van der Waals surface area contributed by atoms with E-state index in [1.807, 2.05) is 20.8 Å². The Labute approximate surface area is 77.5 Å². The Morgan fingerprint density at radius 3 is 2.54 bits per heavy atom. The van der Waals surface area contributed by atoms with Gasteiger partial charge in [-0.1, -0.05) is 0 Å². The van der Waals surface area contributed by atoms with Crippen molar-refractivity contribution in [1.29, 1.82) is 0 Å². The molecule has 0 aliphatic rings. The van der Waals surface area contributed by atoms with E-state index in [2.05, 4.69) is 0 Å². The van der Waals surface area contributed by atoms with Crippen LogP contribution < -0.4 is 10.5 Å². The van der Waals surface area contributed by atoms with Crippen molar-refractivity contribution in [2.45, 2.75) is 26.9 Å². The number of hydrogen-bond acceptors (Lipinski definition) is 2. The van der Waals surface area contributed by atoms with Gasteiger partial charge in [0.15, 0.2) is 11.6 Å². The lowest BCUT2D eigenvalue weighted by atomic mass is 10.2. The lowest BCUT2D eigenvalue weighted by Gasteiger charge is -2.12. The molecule has 0 bridgehead atoms. The van der Waals surface area contributed by atoms with Crippen molar-refractivity contribution >= 4 is 5.69 Å². The first-order valence-electron chi connectivity index (χ1n) is 4.23. The molecule has 3 heteroatoms. The quantitative estimate of drug-likeness (QED) is 0.715. The third kappa shape index (κ3) is 2.34. The van der Waals surface area contributed by atoms with Crippen LogP contribution in [0.4, 0.5) is 10.1 Å². The van der Waals surface area contributed by atoms with Crippen LogP contribution in [0.25, 0.3) is 0 Å². The average Bonchev–Trinajstić information content (AvgIpc) is 1.99. The van der Waals surface area contributed by atoms with Crippen LogP contribution in [0.3, 0.4) is 0 Å². The van der Waals surface area contributed by atoms with E-state index >= 15 is 0 Å². The molecule has 0 heterocycles. The van der Waals surface area contributed by atoms with E-state index in [1.165, 1.54) is 6.07 Å².